The standard InChI is InChI=1S/C22H28N2O3/c1-24(2)15-18-9-4-3-8-17(18)14-23-22(25)20-11-5-6-12-21(20)27-16-19-10-7-13-26-19/h3-6,8-9,11-12,19H,7,10,13-16H2,1-2H3,(H,23,25)/t19-/m1/s1. The van der Waals surface area contributed by atoms with Crippen molar-refractivity contribution in [3.63, 3.8) is 0 Å². The van der Waals surface area contributed by atoms with Crippen molar-refractivity contribution in [3.05, 3.63) is 65.2 Å². The molecule has 1 aliphatic rings. The fraction of sp³-hybridized carbons (Fsp3) is 0.409. The van der Waals surface area contributed by atoms with Crippen molar-refractivity contribution in [3.8, 4) is 5.75 Å². The number of amides is 1. The highest BCUT2D eigenvalue weighted by Crippen LogP contribution is 2.21. The highest BCUT2D eigenvalue weighted by Gasteiger charge is 2.18. The van der Waals surface area contributed by atoms with Gasteiger partial charge in [0.2, 0.25) is 0 Å². The lowest BCUT2D eigenvalue weighted by molar-refractivity contribution is 0.0670. The van der Waals surface area contributed by atoms with Gasteiger partial charge in [0, 0.05) is 19.7 Å². The van der Waals surface area contributed by atoms with Crippen LogP contribution in [-0.2, 0) is 17.8 Å². The van der Waals surface area contributed by atoms with Crippen molar-refractivity contribution in [2.75, 3.05) is 27.3 Å². The number of hydrogen-bond donors (Lipinski definition) is 1. The average Bonchev–Trinajstić information content (AvgIpc) is 3.19. The van der Waals surface area contributed by atoms with Gasteiger partial charge < -0.3 is 19.7 Å². The lowest BCUT2D eigenvalue weighted by Crippen LogP contribution is -2.25. The molecule has 0 saturated carbocycles. The highest BCUT2D eigenvalue weighted by molar-refractivity contribution is 5.96. The van der Waals surface area contributed by atoms with Gasteiger partial charge in [0.05, 0.1) is 11.7 Å². The van der Waals surface area contributed by atoms with Crippen molar-refractivity contribution >= 4 is 5.91 Å². The van der Waals surface area contributed by atoms with Crippen LogP contribution in [0.25, 0.3) is 0 Å². The Labute approximate surface area is 161 Å². The second kappa shape index (κ2) is 9.53. The summed E-state index contributed by atoms with van der Waals surface area (Å²) in [5.74, 6) is 0.477. The molecule has 2 aromatic rings. The summed E-state index contributed by atoms with van der Waals surface area (Å²) in [5.41, 5.74) is 2.89. The maximum atomic E-state index is 12.7. The van der Waals surface area contributed by atoms with Crippen molar-refractivity contribution in [1.29, 1.82) is 0 Å². The third-order valence-corrected chi connectivity index (χ3v) is 4.62. The van der Waals surface area contributed by atoms with Gasteiger partial charge in [-0.3, -0.25) is 4.79 Å². The Balaban J connectivity index is 1.63. The summed E-state index contributed by atoms with van der Waals surface area (Å²) in [6.07, 6.45) is 2.21. The molecule has 1 atom stereocenters. The number of benzene rings is 2. The zero-order valence-electron chi connectivity index (χ0n) is 16.1. The molecule has 1 saturated heterocycles. The predicted octanol–water partition coefficient (Wildman–Crippen LogP) is 3.24. The van der Waals surface area contributed by atoms with Gasteiger partial charge in [0.15, 0.2) is 0 Å². The summed E-state index contributed by atoms with van der Waals surface area (Å²) < 4.78 is 11.5. The average molecular weight is 368 g/mol. The molecule has 27 heavy (non-hydrogen) atoms. The van der Waals surface area contributed by atoms with E-state index in [0.29, 0.717) is 24.5 Å². The molecule has 5 nitrogen and oxygen atoms in total. The number of nitrogens with zero attached hydrogens (tertiary/aromatic N) is 1. The first-order valence-electron chi connectivity index (χ1n) is 9.46. The Hall–Kier alpha value is -2.37. The number of rotatable bonds is 8. The summed E-state index contributed by atoms with van der Waals surface area (Å²) in [6, 6.07) is 15.5. The summed E-state index contributed by atoms with van der Waals surface area (Å²) >= 11 is 0. The van der Waals surface area contributed by atoms with Crippen LogP contribution < -0.4 is 10.1 Å². The lowest BCUT2D eigenvalue weighted by Gasteiger charge is -2.16. The smallest absolute Gasteiger partial charge is 0.255 e. The minimum absolute atomic E-state index is 0.124. The number of nitrogens with one attached hydrogen (secondary N) is 1. The first-order chi connectivity index (χ1) is 13.1. The molecule has 0 radical (unpaired) electrons. The van der Waals surface area contributed by atoms with Gasteiger partial charge in [-0.15, -0.1) is 0 Å². The number of carbonyl (C=O) groups is 1. The van der Waals surface area contributed by atoms with Crippen LogP contribution in [0.5, 0.6) is 5.75 Å². The molecule has 1 aliphatic heterocycles. The normalized spacial score (nSPS) is 16.5. The van der Waals surface area contributed by atoms with E-state index in [4.69, 9.17) is 9.47 Å². The molecule has 0 aromatic heterocycles. The van der Waals surface area contributed by atoms with Crippen molar-refractivity contribution in [1.82, 2.24) is 10.2 Å². The van der Waals surface area contributed by atoms with E-state index in [1.54, 1.807) is 6.07 Å². The van der Waals surface area contributed by atoms with E-state index in [1.807, 2.05) is 44.4 Å². The molecule has 0 unspecified atom stereocenters. The van der Waals surface area contributed by atoms with E-state index in [-0.39, 0.29) is 12.0 Å². The van der Waals surface area contributed by atoms with Crippen molar-refractivity contribution in [2.45, 2.75) is 32.0 Å². The van der Waals surface area contributed by atoms with E-state index < -0.39 is 0 Å². The van der Waals surface area contributed by atoms with E-state index in [0.717, 1.165) is 31.6 Å². The Morgan fingerprint density at radius 1 is 1.15 bits per heavy atom. The van der Waals surface area contributed by atoms with E-state index in [9.17, 15) is 4.79 Å². The highest BCUT2D eigenvalue weighted by atomic mass is 16.5. The molecule has 0 spiro atoms. The fourth-order valence-corrected chi connectivity index (χ4v) is 3.23. The third kappa shape index (κ3) is 5.55. The molecule has 1 N–H and O–H groups in total. The van der Waals surface area contributed by atoms with Crippen LogP contribution in [0.15, 0.2) is 48.5 Å². The number of para-hydroxylation sites is 1. The van der Waals surface area contributed by atoms with Crippen LogP contribution >= 0.6 is 0 Å². The molecule has 1 heterocycles. The summed E-state index contributed by atoms with van der Waals surface area (Å²) in [5, 5.41) is 3.03. The molecule has 0 aliphatic carbocycles. The van der Waals surface area contributed by atoms with Crippen LogP contribution in [0.2, 0.25) is 0 Å². The third-order valence-electron chi connectivity index (χ3n) is 4.62. The first kappa shape index (κ1) is 19.4. The van der Waals surface area contributed by atoms with Gasteiger partial charge >= 0.3 is 0 Å². The van der Waals surface area contributed by atoms with E-state index >= 15 is 0 Å². The predicted molar refractivity (Wildman–Crippen MR) is 106 cm³/mol. The molecule has 0 bridgehead atoms. The van der Waals surface area contributed by atoms with Gasteiger partial charge in [-0.25, -0.2) is 0 Å². The van der Waals surface area contributed by atoms with Crippen molar-refractivity contribution < 1.29 is 14.3 Å². The minimum Gasteiger partial charge on any atom is -0.490 e. The van der Waals surface area contributed by atoms with Gasteiger partial charge in [0.25, 0.3) is 5.91 Å². The molecule has 3 rings (SSSR count). The second-order valence-corrected chi connectivity index (χ2v) is 7.13. The molecule has 1 fully saturated rings. The molecule has 2 aromatic carbocycles. The van der Waals surface area contributed by atoms with Gasteiger partial charge in [-0.05, 0) is 50.2 Å². The number of carbonyl (C=O) groups excluding carboxylic acids is 1. The molecule has 1 amide bonds. The monoisotopic (exact) mass is 368 g/mol. The van der Waals surface area contributed by atoms with Crippen LogP contribution in [0, 0.1) is 0 Å². The van der Waals surface area contributed by atoms with Crippen LogP contribution in [-0.4, -0.2) is 44.2 Å². The fourth-order valence-electron chi connectivity index (χ4n) is 3.23. The zero-order valence-corrected chi connectivity index (χ0v) is 16.1. The maximum Gasteiger partial charge on any atom is 0.255 e. The van der Waals surface area contributed by atoms with Crippen LogP contribution in [0.3, 0.4) is 0 Å². The summed E-state index contributed by atoms with van der Waals surface area (Å²) in [6.45, 7) is 2.61. The van der Waals surface area contributed by atoms with Gasteiger partial charge in [0.1, 0.15) is 12.4 Å². The molecular formula is C22H28N2O3. The van der Waals surface area contributed by atoms with Gasteiger partial charge in [-0.1, -0.05) is 36.4 Å². The quantitative estimate of drug-likeness (QED) is 0.777. The summed E-state index contributed by atoms with van der Waals surface area (Å²) in [4.78, 5) is 14.9. The maximum absolute atomic E-state index is 12.7. The molecule has 5 heteroatoms. The van der Waals surface area contributed by atoms with Gasteiger partial charge in [-0.2, -0.15) is 0 Å². The SMILES string of the molecule is CN(C)Cc1ccccc1CNC(=O)c1ccccc1OC[C@H]1CCCO1. The molecular weight excluding hydrogens is 340 g/mol. The lowest BCUT2D eigenvalue weighted by atomic mass is 10.1. The van der Waals surface area contributed by atoms with Crippen LogP contribution in [0.1, 0.15) is 34.3 Å². The van der Waals surface area contributed by atoms with E-state index in [2.05, 4.69) is 22.3 Å². The zero-order chi connectivity index (χ0) is 19.1. The summed E-state index contributed by atoms with van der Waals surface area (Å²) in [7, 11) is 4.08. The first-order valence-corrected chi connectivity index (χ1v) is 9.46. The Bertz CT molecular complexity index is 755. The molecule has 144 valence electrons. The largest absolute Gasteiger partial charge is 0.490 e. The van der Waals surface area contributed by atoms with Crippen molar-refractivity contribution in [2.24, 2.45) is 0 Å². The van der Waals surface area contributed by atoms with E-state index in [1.165, 1.54) is 5.56 Å². The Morgan fingerprint density at radius 2 is 1.89 bits per heavy atom. The topological polar surface area (TPSA) is 50.8 Å². The van der Waals surface area contributed by atoms with Crippen LogP contribution in [0.4, 0.5) is 0 Å². The number of ether oxygens (including phenoxy) is 2. The second-order valence-electron chi connectivity index (χ2n) is 7.13. The minimum atomic E-state index is -0.127. The Kier molecular flexibility index (Phi) is 6.85. The number of hydrogen-bond acceptors (Lipinski definition) is 4. The Morgan fingerprint density at radius 3 is 2.63 bits per heavy atom.